The van der Waals surface area contributed by atoms with Gasteiger partial charge in [0.2, 0.25) is 0 Å². The summed E-state index contributed by atoms with van der Waals surface area (Å²) in [6, 6.07) is 13.3. The van der Waals surface area contributed by atoms with Crippen LogP contribution < -0.4 is 4.74 Å². The first-order valence-corrected chi connectivity index (χ1v) is 8.85. The van der Waals surface area contributed by atoms with Gasteiger partial charge in [-0.1, -0.05) is 12.1 Å². The van der Waals surface area contributed by atoms with Crippen LogP contribution in [-0.2, 0) is 12.8 Å². The molecule has 0 unspecified atom stereocenters. The van der Waals surface area contributed by atoms with Gasteiger partial charge in [-0.15, -0.1) is 0 Å². The Morgan fingerprint density at radius 1 is 0.920 bits per heavy atom. The predicted octanol–water partition coefficient (Wildman–Crippen LogP) is 3.80. The van der Waals surface area contributed by atoms with Crippen LogP contribution in [0.15, 0.2) is 48.8 Å². The minimum atomic E-state index is 0.364. The van der Waals surface area contributed by atoms with Crippen molar-refractivity contribution in [3.8, 4) is 5.75 Å². The van der Waals surface area contributed by atoms with Crippen molar-refractivity contribution in [2.75, 3.05) is 20.2 Å². The van der Waals surface area contributed by atoms with Crippen LogP contribution in [0.4, 0.5) is 0 Å². The Morgan fingerprint density at radius 3 is 2.48 bits per heavy atom. The van der Waals surface area contributed by atoms with Crippen LogP contribution in [0, 0.1) is 0 Å². The van der Waals surface area contributed by atoms with Gasteiger partial charge >= 0.3 is 0 Å². The largest absolute Gasteiger partial charge is 0.497 e. The average molecular weight is 333 g/mol. The van der Waals surface area contributed by atoms with Gasteiger partial charge in [0.05, 0.1) is 18.1 Å². The molecule has 0 fully saturated rings. The van der Waals surface area contributed by atoms with Crippen LogP contribution in [0.5, 0.6) is 5.75 Å². The first kappa shape index (κ1) is 16.0. The summed E-state index contributed by atoms with van der Waals surface area (Å²) in [5.41, 5.74) is 6.08. The molecule has 0 amide bonds. The minimum Gasteiger partial charge on any atom is -0.497 e. The zero-order valence-corrected chi connectivity index (χ0v) is 14.8. The van der Waals surface area contributed by atoms with Crippen molar-refractivity contribution in [3.63, 3.8) is 0 Å². The summed E-state index contributed by atoms with van der Waals surface area (Å²) in [6.07, 6.45) is 5.64. The van der Waals surface area contributed by atoms with Crippen molar-refractivity contribution in [2.24, 2.45) is 0 Å². The first-order valence-electron chi connectivity index (χ1n) is 8.85. The zero-order chi connectivity index (χ0) is 17.2. The van der Waals surface area contributed by atoms with Gasteiger partial charge in [0.25, 0.3) is 0 Å². The third kappa shape index (κ3) is 3.22. The number of hydrogen-bond donors (Lipinski definition) is 0. The lowest BCUT2D eigenvalue weighted by Gasteiger charge is -2.28. The maximum absolute atomic E-state index is 5.38. The lowest BCUT2D eigenvalue weighted by Crippen LogP contribution is -2.29. The van der Waals surface area contributed by atoms with Crippen LogP contribution in [0.1, 0.15) is 29.7 Å². The van der Waals surface area contributed by atoms with E-state index in [2.05, 4.69) is 58.2 Å². The molecule has 1 aliphatic rings. The topological polar surface area (TPSA) is 38.2 Å². The molecular formula is C21H23N3O. The summed E-state index contributed by atoms with van der Waals surface area (Å²) in [7, 11) is 1.73. The molecule has 25 heavy (non-hydrogen) atoms. The molecule has 0 N–H and O–H groups in total. The third-order valence-electron chi connectivity index (χ3n) is 5.27. The molecule has 0 bridgehead atoms. The molecule has 0 saturated carbocycles. The molecule has 1 atom stereocenters. The first-order chi connectivity index (χ1) is 12.2. The summed E-state index contributed by atoms with van der Waals surface area (Å²) in [5, 5.41) is 0. The lowest BCUT2D eigenvalue weighted by molar-refractivity contribution is 0.221. The second-order valence-corrected chi connectivity index (χ2v) is 6.65. The van der Waals surface area contributed by atoms with Crippen molar-refractivity contribution < 1.29 is 4.74 Å². The Kier molecular flexibility index (Phi) is 4.36. The molecule has 4 nitrogen and oxygen atoms in total. The molecule has 2 aromatic carbocycles. The molecule has 4 rings (SSSR count). The van der Waals surface area contributed by atoms with E-state index in [1.54, 1.807) is 19.5 Å². The van der Waals surface area contributed by atoms with E-state index in [4.69, 9.17) is 4.74 Å². The van der Waals surface area contributed by atoms with E-state index in [1.165, 1.54) is 16.7 Å². The number of aromatic nitrogens is 2. The van der Waals surface area contributed by atoms with Crippen molar-refractivity contribution >= 4 is 11.0 Å². The Morgan fingerprint density at radius 2 is 1.68 bits per heavy atom. The van der Waals surface area contributed by atoms with Crippen LogP contribution in [0.2, 0.25) is 0 Å². The van der Waals surface area contributed by atoms with Gasteiger partial charge < -0.3 is 4.74 Å². The molecule has 0 spiro atoms. The number of rotatable bonds is 3. The third-order valence-corrected chi connectivity index (χ3v) is 5.27. The van der Waals surface area contributed by atoms with E-state index in [1.807, 2.05) is 0 Å². The minimum absolute atomic E-state index is 0.364. The monoisotopic (exact) mass is 333 g/mol. The van der Waals surface area contributed by atoms with Crippen molar-refractivity contribution in [3.05, 3.63) is 65.5 Å². The fourth-order valence-electron chi connectivity index (χ4n) is 3.68. The SMILES string of the molecule is COc1ccc2c(c1)CCN([C@H](C)c1ccc3nccnc3c1)CC2. The highest BCUT2D eigenvalue weighted by Gasteiger charge is 2.20. The van der Waals surface area contributed by atoms with Gasteiger partial charge in [0, 0.05) is 31.5 Å². The maximum Gasteiger partial charge on any atom is 0.119 e. The lowest BCUT2D eigenvalue weighted by atomic mass is 10.0. The zero-order valence-electron chi connectivity index (χ0n) is 14.8. The molecule has 3 aromatic rings. The normalized spacial score (nSPS) is 16.2. The maximum atomic E-state index is 5.38. The Labute approximate surface area is 148 Å². The van der Waals surface area contributed by atoms with Gasteiger partial charge in [-0.2, -0.15) is 0 Å². The molecular weight excluding hydrogens is 310 g/mol. The van der Waals surface area contributed by atoms with E-state index in [-0.39, 0.29) is 0 Å². The number of hydrogen-bond acceptors (Lipinski definition) is 4. The van der Waals surface area contributed by atoms with Crippen molar-refractivity contribution in [1.82, 2.24) is 14.9 Å². The van der Waals surface area contributed by atoms with Gasteiger partial charge in [0.15, 0.2) is 0 Å². The van der Waals surface area contributed by atoms with Gasteiger partial charge in [-0.3, -0.25) is 14.9 Å². The number of methoxy groups -OCH3 is 1. The summed E-state index contributed by atoms with van der Waals surface area (Å²) in [6.45, 7) is 4.41. The standard InChI is InChI=1S/C21H23N3O/c1-15(17-4-6-20-21(14-17)23-10-9-22-20)24-11-7-16-3-5-19(25-2)13-18(16)8-12-24/h3-6,9-10,13-15H,7-8,11-12H2,1-2H3/t15-/m1/s1. The molecule has 2 heterocycles. The quantitative estimate of drug-likeness (QED) is 0.731. The second-order valence-electron chi connectivity index (χ2n) is 6.65. The highest BCUT2D eigenvalue weighted by atomic mass is 16.5. The second kappa shape index (κ2) is 6.81. The Bertz CT molecular complexity index is 893. The van der Waals surface area contributed by atoms with Gasteiger partial charge in [0.1, 0.15) is 5.75 Å². The van der Waals surface area contributed by atoms with E-state index in [0.29, 0.717) is 6.04 Å². The van der Waals surface area contributed by atoms with Crippen molar-refractivity contribution in [1.29, 1.82) is 0 Å². The van der Waals surface area contributed by atoms with E-state index < -0.39 is 0 Å². The molecule has 1 aliphatic heterocycles. The fourth-order valence-corrected chi connectivity index (χ4v) is 3.68. The smallest absolute Gasteiger partial charge is 0.119 e. The number of ether oxygens (including phenoxy) is 1. The highest BCUT2D eigenvalue weighted by Crippen LogP contribution is 2.27. The van der Waals surface area contributed by atoms with Crippen LogP contribution in [-0.4, -0.2) is 35.1 Å². The Balaban J connectivity index is 1.55. The van der Waals surface area contributed by atoms with E-state index in [0.717, 1.165) is 42.7 Å². The van der Waals surface area contributed by atoms with E-state index in [9.17, 15) is 0 Å². The molecule has 4 heteroatoms. The van der Waals surface area contributed by atoms with Crippen molar-refractivity contribution in [2.45, 2.75) is 25.8 Å². The van der Waals surface area contributed by atoms with Crippen LogP contribution >= 0.6 is 0 Å². The molecule has 128 valence electrons. The highest BCUT2D eigenvalue weighted by molar-refractivity contribution is 5.74. The molecule has 0 radical (unpaired) electrons. The number of nitrogens with zero attached hydrogens (tertiary/aromatic N) is 3. The summed E-state index contributed by atoms with van der Waals surface area (Å²) >= 11 is 0. The Hall–Kier alpha value is -2.46. The molecule has 0 aliphatic carbocycles. The molecule has 0 saturated heterocycles. The van der Waals surface area contributed by atoms with Crippen LogP contribution in [0.3, 0.4) is 0 Å². The van der Waals surface area contributed by atoms with Gasteiger partial charge in [-0.05, 0) is 60.7 Å². The van der Waals surface area contributed by atoms with Gasteiger partial charge in [-0.25, -0.2) is 0 Å². The molecule has 1 aromatic heterocycles. The summed E-state index contributed by atoms with van der Waals surface area (Å²) in [4.78, 5) is 11.4. The summed E-state index contributed by atoms with van der Waals surface area (Å²) < 4.78 is 5.38. The number of fused-ring (bicyclic) bond motifs is 2. The van der Waals surface area contributed by atoms with Crippen LogP contribution in [0.25, 0.3) is 11.0 Å². The predicted molar refractivity (Wildman–Crippen MR) is 99.9 cm³/mol. The fraction of sp³-hybridized carbons (Fsp3) is 0.333. The number of benzene rings is 2. The average Bonchev–Trinajstić information content (AvgIpc) is 2.89. The van der Waals surface area contributed by atoms with E-state index >= 15 is 0 Å². The summed E-state index contributed by atoms with van der Waals surface area (Å²) in [5.74, 6) is 0.952.